The highest BCUT2D eigenvalue weighted by atomic mass is 32.2. The molecule has 1 aliphatic heterocycles. The second-order valence-corrected chi connectivity index (χ2v) is 6.63. The predicted molar refractivity (Wildman–Crippen MR) is 67.0 cm³/mol. The number of sulfone groups is 1. The monoisotopic (exact) mass is 256 g/mol. The van der Waals surface area contributed by atoms with Crippen LogP contribution in [0.25, 0.3) is 0 Å². The first kappa shape index (κ1) is 12.1. The molecule has 0 spiro atoms. The van der Waals surface area contributed by atoms with Gasteiger partial charge in [-0.3, -0.25) is 0 Å². The Labute approximate surface area is 101 Å². The van der Waals surface area contributed by atoms with E-state index in [2.05, 4.69) is 15.3 Å². The van der Waals surface area contributed by atoms with E-state index in [1.807, 2.05) is 25.1 Å². The Kier molecular flexibility index (Phi) is 3.19. The van der Waals surface area contributed by atoms with Crippen LogP contribution in [0.15, 0.2) is 12.4 Å². The van der Waals surface area contributed by atoms with Crippen LogP contribution in [0.4, 0.5) is 11.6 Å². The molecule has 1 fully saturated rings. The van der Waals surface area contributed by atoms with Crippen molar-refractivity contribution < 1.29 is 8.42 Å². The third-order valence-corrected chi connectivity index (χ3v) is 4.46. The number of hydrogen-bond donors (Lipinski definition) is 1. The van der Waals surface area contributed by atoms with Gasteiger partial charge in [0.1, 0.15) is 18.0 Å². The van der Waals surface area contributed by atoms with Gasteiger partial charge in [0, 0.05) is 26.2 Å². The Morgan fingerprint density at radius 3 is 2.76 bits per heavy atom. The second-order valence-electron chi connectivity index (χ2n) is 4.40. The predicted octanol–water partition coefficient (Wildman–Crippen LogP) is 0.142. The molecule has 0 bridgehead atoms. The molecule has 0 aliphatic carbocycles. The van der Waals surface area contributed by atoms with E-state index >= 15 is 0 Å². The van der Waals surface area contributed by atoms with E-state index in [1.54, 1.807) is 0 Å². The Morgan fingerprint density at radius 1 is 1.41 bits per heavy atom. The van der Waals surface area contributed by atoms with Crippen LogP contribution in [0.3, 0.4) is 0 Å². The SMILES string of the molecule is CN(C)c1cc(NC2CCS(=O)(=O)C2)ncn1. The van der Waals surface area contributed by atoms with Gasteiger partial charge in [0.15, 0.2) is 9.84 Å². The highest BCUT2D eigenvalue weighted by Crippen LogP contribution is 2.17. The molecule has 1 atom stereocenters. The topological polar surface area (TPSA) is 75.2 Å². The standard InChI is InChI=1S/C10H16N4O2S/c1-14(2)10-5-9(11-7-12-10)13-8-3-4-17(15,16)6-8/h5,7-8H,3-4,6H2,1-2H3,(H,11,12,13). The maximum Gasteiger partial charge on any atom is 0.152 e. The van der Waals surface area contributed by atoms with Crippen molar-refractivity contribution in [3.8, 4) is 0 Å². The van der Waals surface area contributed by atoms with Gasteiger partial charge in [-0.2, -0.15) is 0 Å². The molecule has 94 valence electrons. The largest absolute Gasteiger partial charge is 0.366 e. The minimum absolute atomic E-state index is 0.0371. The lowest BCUT2D eigenvalue weighted by Gasteiger charge is -2.14. The summed E-state index contributed by atoms with van der Waals surface area (Å²) in [5.74, 6) is 1.92. The minimum atomic E-state index is -2.86. The fourth-order valence-electron chi connectivity index (χ4n) is 1.79. The van der Waals surface area contributed by atoms with Gasteiger partial charge >= 0.3 is 0 Å². The Hall–Kier alpha value is -1.37. The normalized spacial score (nSPS) is 22.4. The average molecular weight is 256 g/mol. The van der Waals surface area contributed by atoms with Crippen molar-refractivity contribution in [1.82, 2.24) is 9.97 Å². The summed E-state index contributed by atoms with van der Waals surface area (Å²) in [5, 5.41) is 3.13. The first-order chi connectivity index (χ1) is 7.96. The molecule has 1 saturated heterocycles. The van der Waals surface area contributed by atoms with Crippen LogP contribution in [-0.4, -0.2) is 50.0 Å². The van der Waals surface area contributed by atoms with Crippen LogP contribution < -0.4 is 10.2 Å². The van der Waals surface area contributed by atoms with Crippen LogP contribution in [-0.2, 0) is 9.84 Å². The number of anilines is 2. The highest BCUT2D eigenvalue weighted by molar-refractivity contribution is 7.91. The van der Waals surface area contributed by atoms with Crippen LogP contribution >= 0.6 is 0 Å². The number of aromatic nitrogens is 2. The number of nitrogens with zero attached hydrogens (tertiary/aromatic N) is 3. The molecule has 1 aliphatic rings. The van der Waals surface area contributed by atoms with Crippen molar-refractivity contribution in [3.05, 3.63) is 12.4 Å². The lowest BCUT2D eigenvalue weighted by molar-refractivity contribution is 0.602. The molecule has 0 amide bonds. The second kappa shape index (κ2) is 4.48. The van der Waals surface area contributed by atoms with Crippen LogP contribution in [0.2, 0.25) is 0 Å². The molecule has 2 rings (SSSR count). The molecule has 0 aromatic carbocycles. The van der Waals surface area contributed by atoms with Gasteiger partial charge in [0.05, 0.1) is 11.5 Å². The maximum absolute atomic E-state index is 11.3. The third kappa shape index (κ3) is 3.06. The Balaban J connectivity index is 2.07. The van der Waals surface area contributed by atoms with Gasteiger partial charge in [-0.15, -0.1) is 0 Å². The molecule has 0 saturated carbocycles. The smallest absolute Gasteiger partial charge is 0.152 e. The van der Waals surface area contributed by atoms with Crippen LogP contribution in [0.1, 0.15) is 6.42 Å². The summed E-state index contributed by atoms with van der Waals surface area (Å²) in [6.45, 7) is 0. The van der Waals surface area contributed by atoms with E-state index in [0.29, 0.717) is 12.2 Å². The summed E-state index contributed by atoms with van der Waals surface area (Å²) in [7, 11) is 0.932. The summed E-state index contributed by atoms with van der Waals surface area (Å²) >= 11 is 0. The molecule has 1 aromatic heterocycles. The summed E-state index contributed by atoms with van der Waals surface area (Å²) in [5.41, 5.74) is 0. The zero-order chi connectivity index (χ0) is 12.5. The van der Waals surface area contributed by atoms with Gasteiger partial charge in [-0.05, 0) is 6.42 Å². The van der Waals surface area contributed by atoms with Crippen LogP contribution in [0, 0.1) is 0 Å². The lowest BCUT2D eigenvalue weighted by Crippen LogP contribution is -2.21. The summed E-state index contributed by atoms with van der Waals surface area (Å²) in [6.07, 6.45) is 2.12. The number of nitrogens with one attached hydrogen (secondary N) is 1. The number of rotatable bonds is 3. The fraction of sp³-hybridized carbons (Fsp3) is 0.600. The minimum Gasteiger partial charge on any atom is -0.366 e. The van der Waals surface area contributed by atoms with Gasteiger partial charge < -0.3 is 10.2 Å². The molecule has 6 nitrogen and oxygen atoms in total. The molecule has 17 heavy (non-hydrogen) atoms. The van der Waals surface area contributed by atoms with Gasteiger partial charge in [0.2, 0.25) is 0 Å². The highest BCUT2D eigenvalue weighted by Gasteiger charge is 2.27. The van der Waals surface area contributed by atoms with E-state index in [-0.39, 0.29) is 17.5 Å². The van der Waals surface area contributed by atoms with Crippen LogP contribution in [0.5, 0.6) is 0 Å². The van der Waals surface area contributed by atoms with Crippen molar-refractivity contribution in [1.29, 1.82) is 0 Å². The Bertz CT molecular complexity index is 501. The van der Waals surface area contributed by atoms with Crippen molar-refractivity contribution in [3.63, 3.8) is 0 Å². The zero-order valence-corrected chi connectivity index (χ0v) is 10.7. The fourth-order valence-corrected chi connectivity index (χ4v) is 3.46. The van der Waals surface area contributed by atoms with Gasteiger partial charge in [0.25, 0.3) is 0 Å². The van der Waals surface area contributed by atoms with Crippen molar-refractivity contribution in [2.75, 3.05) is 35.8 Å². The van der Waals surface area contributed by atoms with E-state index in [0.717, 1.165) is 5.82 Å². The zero-order valence-electron chi connectivity index (χ0n) is 9.92. The average Bonchev–Trinajstić information content (AvgIpc) is 2.58. The molecular weight excluding hydrogens is 240 g/mol. The lowest BCUT2D eigenvalue weighted by atomic mass is 10.2. The van der Waals surface area contributed by atoms with Crippen molar-refractivity contribution in [2.24, 2.45) is 0 Å². The summed E-state index contributed by atoms with van der Waals surface area (Å²) < 4.78 is 22.7. The number of hydrogen-bond acceptors (Lipinski definition) is 6. The van der Waals surface area contributed by atoms with E-state index < -0.39 is 9.84 Å². The first-order valence-corrected chi connectivity index (χ1v) is 7.25. The van der Waals surface area contributed by atoms with E-state index in [9.17, 15) is 8.42 Å². The molecule has 2 heterocycles. The van der Waals surface area contributed by atoms with Crippen molar-refractivity contribution >= 4 is 21.5 Å². The molecule has 7 heteroatoms. The molecule has 1 unspecified atom stereocenters. The van der Waals surface area contributed by atoms with Gasteiger partial charge in [-0.25, -0.2) is 18.4 Å². The molecule has 1 N–H and O–H groups in total. The van der Waals surface area contributed by atoms with E-state index in [4.69, 9.17) is 0 Å². The molecule has 1 aromatic rings. The Morgan fingerprint density at radius 2 is 2.18 bits per heavy atom. The summed E-state index contributed by atoms with van der Waals surface area (Å²) in [6, 6.07) is 1.77. The summed E-state index contributed by atoms with van der Waals surface area (Å²) in [4.78, 5) is 10.1. The molecular formula is C10H16N4O2S. The van der Waals surface area contributed by atoms with E-state index in [1.165, 1.54) is 6.33 Å². The third-order valence-electron chi connectivity index (χ3n) is 2.70. The quantitative estimate of drug-likeness (QED) is 0.829. The molecule has 0 radical (unpaired) electrons. The first-order valence-electron chi connectivity index (χ1n) is 5.42. The van der Waals surface area contributed by atoms with Crippen molar-refractivity contribution in [2.45, 2.75) is 12.5 Å². The maximum atomic E-state index is 11.3. The van der Waals surface area contributed by atoms with Gasteiger partial charge in [-0.1, -0.05) is 0 Å².